The Balaban J connectivity index is 1.63. The highest BCUT2D eigenvalue weighted by molar-refractivity contribution is 5.92. The minimum Gasteiger partial charge on any atom is -0.464 e. The van der Waals surface area contributed by atoms with Crippen LogP contribution in [0.1, 0.15) is 45.6 Å². The zero-order valence-corrected chi connectivity index (χ0v) is 14.4. The molecular weight excluding hydrogens is 302 g/mol. The third-order valence-electron chi connectivity index (χ3n) is 4.83. The minimum absolute atomic E-state index is 0.127. The van der Waals surface area contributed by atoms with Gasteiger partial charge in [-0.3, -0.25) is 4.90 Å². The van der Waals surface area contributed by atoms with Crippen molar-refractivity contribution in [2.45, 2.75) is 57.7 Å². The fourth-order valence-electron chi connectivity index (χ4n) is 3.86. The van der Waals surface area contributed by atoms with Crippen molar-refractivity contribution in [2.75, 3.05) is 0 Å². The number of hydrogen-bond acceptors (Lipinski definition) is 3. The van der Waals surface area contributed by atoms with Crippen LogP contribution in [0.25, 0.3) is 16.5 Å². The van der Waals surface area contributed by atoms with Gasteiger partial charge in [-0.05, 0) is 51.7 Å². The molecule has 2 bridgehead atoms. The van der Waals surface area contributed by atoms with Gasteiger partial charge in [-0.2, -0.15) is 0 Å². The van der Waals surface area contributed by atoms with Crippen LogP contribution in [-0.2, 0) is 4.74 Å². The van der Waals surface area contributed by atoms with E-state index in [1.54, 1.807) is 0 Å². The Morgan fingerprint density at radius 2 is 2.04 bits per heavy atom. The second-order valence-electron chi connectivity index (χ2n) is 7.73. The molecule has 2 aliphatic rings. The summed E-state index contributed by atoms with van der Waals surface area (Å²) in [7, 11) is 0. The smallest absolute Gasteiger partial charge is 0.411 e. The molecule has 2 aromatic rings. The van der Waals surface area contributed by atoms with Crippen LogP contribution in [0, 0.1) is 0 Å². The number of nitrogens with zero attached hydrogens (tertiary/aromatic N) is 1. The number of amides is 1. The van der Waals surface area contributed by atoms with Crippen LogP contribution in [-0.4, -0.2) is 28.7 Å². The molecule has 1 amide bonds. The SMILES string of the molecule is CC(C)(C)OC(=O)N1C2C=C(c3coc4ccccc34)CC1CC2. The van der Waals surface area contributed by atoms with Gasteiger partial charge in [-0.1, -0.05) is 24.3 Å². The predicted molar refractivity (Wildman–Crippen MR) is 93.7 cm³/mol. The van der Waals surface area contributed by atoms with Crippen molar-refractivity contribution in [3.05, 3.63) is 42.2 Å². The van der Waals surface area contributed by atoms with Gasteiger partial charge < -0.3 is 9.15 Å². The van der Waals surface area contributed by atoms with E-state index < -0.39 is 5.60 Å². The highest BCUT2D eigenvalue weighted by Gasteiger charge is 2.41. The highest BCUT2D eigenvalue weighted by atomic mass is 16.6. The normalized spacial score (nSPS) is 23.5. The van der Waals surface area contributed by atoms with Gasteiger partial charge >= 0.3 is 6.09 Å². The Morgan fingerprint density at radius 3 is 2.79 bits per heavy atom. The first kappa shape index (κ1) is 15.3. The largest absolute Gasteiger partial charge is 0.464 e. The van der Waals surface area contributed by atoms with Crippen LogP contribution in [0.4, 0.5) is 4.79 Å². The van der Waals surface area contributed by atoms with Crippen LogP contribution >= 0.6 is 0 Å². The number of para-hydroxylation sites is 1. The molecule has 1 fully saturated rings. The number of ether oxygens (including phenoxy) is 1. The number of benzene rings is 1. The average Bonchev–Trinajstić information content (AvgIpc) is 3.05. The lowest BCUT2D eigenvalue weighted by Crippen LogP contribution is -2.45. The lowest BCUT2D eigenvalue weighted by atomic mass is 9.94. The lowest BCUT2D eigenvalue weighted by Gasteiger charge is -2.35. The summed E-state index contributed by atoms with van der Waals surface area (Å²) in [4.78, 5) is 14.5. The Morgan fingerprint density at radius 1 is 1.25 bits per heavy atom. The molecule has 4 heteroatoms. The number of fused-ring (bicyclic) bond motifs is 3. The molecule has 0 radical (unpaired) electrons. The van der Waals surface area contributed by atoms with Crippen LogP contribution in [0.5, 0.6) is 0 Å². The molecule has 4 rings (SSSR count). The van der Waals surface area contributed by atoms with Gasteiger partial charge in [0.1, 0.15) is 11.2 Å². The second kappa shape index (κ2) is 5.40. The summed E-state index contributed by atoms with van der Waals surface area (Å²) in [6, 6.07) is 8.45. The van der Waals surface area contributed by atoms with Gasteiger partial charge in [0, 0.05) is 17.0 Å². The van der Waals surface area contributed by atoms with Crippen LogP contribution < -0.4 is 0 Å². The molecule has 24 heavy (non-hydrogen) atoms. The molecule has 0 saturated carbocycles. The highest BCUT2D eigenvalue weighted by Crippen LogP contribution is 2.41. The standard InChI is InChI=1S/C20H23NO3/c1-20(2,3)24-19(22)21-14-8-9-15(21)11-13(10-14)17-12-23-18-7-5-4-6-16(17)18/h4-7,10,12,14-15H,8-9,11H2,1-3H3. The molecular formula is C20H23NO3. The zero-order chi connectivity index (χ0) is 16.9. The zero-order valence-electron chi connectivity index (χ0n) is 14.4. The topological polar surface area (TPSA) is 42.7 Å². The first-order valence-corrected chi connectivity index (χ1v) is 8.61. The molecule has 126 valence electrons. The second-order valence-corrected chi connectivity index (χ2v) is 7.73. The van der Waals surface area contributed by atoms with Crippen molar-refractivity contribution >= 4 is 22.6 Å². The Bertz CT molecular complexity index is 812. The van der Waals surface area contributed by atoms with E-state index in [1.807, 2.05) is 50.1 Å². The predicted octanol–water partition coefficient (Wildman–Crippen LogP) is 4.99. The summed E-state index contributed by atoms with van der Waals surface area (Å²) >= 11 is 0. The van der Waals surface area contributed by atoms with Gasteiger partial charge in [-0.15, -0.1) is 0 Å². The molecule has 2 atom stereocenters. The third kappa shape index (κ3) is 2.60. The molecule has 0 N–H and O–H groups in total. The first-order valence-electron chi connectivity index (χ1n) is 8.61. The molecule has 2 unspecified atom stereocenters. The molecule has 1 aromatic heterocycles. The van der Waals surface area contributed by atoms with Crippen LogP contribution in [0.2, 0.25) is 0 Å². The lowest BCUT2D eigenvalue weighted by molar-refractivity contribution is 0.0175. The van der Waals surface area contributed by atoms with E-state index in [2.05, 4.69) is 12.1 Å². The number of hydrogen-bond donors (Lipinski definition) is 0. The third-order valence-corrected chi connectivity index (χ3v) is 4.83. The number of carbonyl (C=O) groups excluding carboxylic acids is 1. The fourth-order valence-corrected chi connectivity index (χ4v) is 3.86. The number of rotatable bonds is 1. The summed E-state index contributed by atoms with van der Waals surface area (Å²) in [6.07, 6.45) is 6.77. The quantitative estimate of drug-likeness (QED) is 0.742. The summed E-state index contributed by atoms with van der Waals surface area (Å²) in [6.45, 7) is 5.74. The maximum atomic E-state index is 12.5. The molecule has 1 aromatic carbocycles. The number of carbonyl (C=O) groups is 1. The van der Waals surface area contributed by atoms with Gasteiger partial charge in [-0.25, -0.2) is 4.79 Å². The van der Waals surface area contributed by atoms with Gasteiger partial charge in [0.15, 0.2) is 0 Å². The fraction of sp³-hybridized carbons (Fsp3) is 0.450. The summed E-state index contributed by atoms with van der Waals surface area (Å²) in [5, 5.41) is 1.15. The van der Waals surface area contributed by atoms with E-state index in [-0.39, 0.29) is 18.2 Å². The van der Waals surface area contributed by atoms with E-state index in [9.17, 15) is 4.79 Å². The van der Waals surface area contributed by atoms with Gasteiger partial charge in [0.05, 0.1) is 12.3 Å². The van der Waals surface area contributed by atoms with Crippen molar-refractivity contribution in [3.8, 4) is 0 Å². The molecule has 1 saturated heterocycles. The van der Waals surface area contributed by atoms with E-state index >= 15 is 0 Å². The molecule has 2 aliphatic heterocycles. The van der Waals surface area contributed by atoms with Crippen molar-refractivity contribution in [3.63, 3.8) is 0 Å². The monoisotopic (exact) mass is 325 g/mol. The maximum Gasteiger partial charge on any atom is 0.411 e. The average molecular weight is 325 g/mol. The summed E-state index contributed by atoms with van der Waals surface area (Å²) < 4.78 is 11.3. The Kier molecular flexibility index (Phi) is 3.44. The maximum absolute atomic E-state index is 12.5. The van der Waals surface area contributed by atoms with Crippen molar-refractivity contribution < 1.29 is 13.9 Å². The van der Waals surface area contributed by atoms with Crippen LogP contribution in [0.15, 0.2) is 41.0 Å². The number of furan rings is 1. The van der Waals surface area contributed by atoms with Gasteiger partial charge in [0.2, 0.25) is 0 Å². The van der Waals surface area contributed by atoms with Gasteiger partial charge in [0.25, 0.3) is 0 Å². The van der Waals surface area contributed by atoms with Crippen LogP contribution in [0.3, 0.4) is 0 Å². The Hall–Kier alpha value is -2.23. The molecule has 3 heterocycles. The van der Waals surface area contributed by atoms with Crippen molar-refractivity contribution in [1.29, 1.82) is 0 Å². The Labute approximate surface area is 142 Å². The minimum atomic E-state index is -0.457. The van der Waals surface area contributed by atoms with E-state index in [0.717, 1.165) is 35.8 Å². The summed E-state index contributed by atoms with van der Waals surface area (Å²) in [5.74, 6) is 0. The summed E-state index contributed by atoms with van der Waals surface area (Å²) in [5.41, 5.74) is 2.90. The molecule has 4 nitrogen and oxygen atoms in total. The van der Waals surface area contributed by atoms with E-state index in [0.29, 0.717) is 0 Å². The first-order chi connectivity index (χ1) is 11.4. The van der Waals surface area contributed by atoms with E-state index in [1.165, 1.54) is 5.57 Å². The van der Waals surface area contributed by atoms with E-state index in [4.69, 9.17) is 9.15 Å². The van der Waals surface area contributed by atoms with Crippen molar-refractivity contribution in [2.24, 2.45) is 0 Å². The molecule has 0 spiro atoms. The van der Waals surface area contributed by atoms with Crippen molar-refractivity contribution in [1.82, 2.24) is 4.90 Å². The molecule has 0 aliphatic carbocycles.